The van der Waals surface area contributed by atoms with Crippen molar-refractivity contribution in [3.8, 4) is 5.75 Å². The molecule has 0 spiro atoms. The van der Waals surface area contributed by atoms with Crippen molar-refractivity contribution < 1.29 is 9.53 Å². The van der Waals surface area contributed by atoms with E-state index in [0.29, 0.717) is 12.3 Å². The van der Waals surface area contributed by atoms with Crippen LogP contribution in [0.1, 0.15) is 39.6 Å². The third kappa shape index (κ3) is 2.72. The van der Waals surface area contributed by atoms with Crippen LogP contribution in [0.2, 0.25) is 0 Å². The van der Waals surface area contributed by atoms with Crippen LogP contribution >= 0.6 is 0 Å². The number of fused-ring (bicyclic) bond motifs is 1. The molecule has 1 aliphatic rings. The van der Waals surface area contributed by atoms with Gasteiger partial charge in [-0.2, -0.15) is 0 Å². The van der Waals surface area contributed by atoms with Crippen molar-refractivity contribution in [1.29, 1.82) is 0 Å². The van der Waals surface area contributed by atoms with Crippen molar-refractivity contribution in [3.63, 3.8) is 0 Å². The Morgan fingerprint density at radius 3 is 2.95 bits per heavy atom. The Kier molecular flexibility index (Phi) is 3.56. The number of ether oxygens (including phenoxy) is 1. The van der Waals surface area contributed by atoms with Crippen LogP contribution in [0.4, 0.5) is 0 Å². The minimum Gasteiger partial charge on any atom is -0.493 e. The minimum atomic E-state index is -0.208. The van der Waals surface area contributed by atoms with Crippen LogP contribution in [-0.2, 0) is 0 Å². The Morgan fingerprint density at radius 1 is 1.33 bits per heavy atom. The van der Waals surface area contributed by atoms with E-state index >= 15 is 0 Å². The molecule has 21 heavy (non-hydrogen) atoms. The molecule has 0 fully saturated rings. The van der Waals surface area contributed by atoms with Gasteiger partial charge in [-0.1, -0.05) is 17.7 Å². The average molecular weight is 283 g/mol. The molecule has 5 nitrogen and oxygen atoms in total. The standard InChI is InChI=1S/C16H17N3O2/c1-10-7-11(2)15-12(8-10)13(3-6-21-15)19-16(20)14-9-17-4-5-18-14/h4-5,7-9,13H,3,6H2,1-2H3,(H,19,20)/t13-/m1/s1. The van der Waals surface area contributed by atoms with Crippen molar-refractivity contribution in [3.05, 3.63) is 53.1 Å². The zero-order valence-electron chi connectivity index (χ0n) is 12.1. The van der Waals surface area contributed by atoms with Crippen LogP contribution in [0.5, 0.6) is 5.75 Å². The van der Waals surface area contributed by atoms with Gasteiger partial charge in [0.15, 0.2) is 0 Å². The molecule has 1 N–H and O–H groups in total. The van der Waals surface area contributed by atoms with E-state index in [1.165, 1.54) is 12.4 Å². The highest BCUT2D eigenvalue weighted by Gasteiger charge is 2.25. The van der Waals surface area contributed by atoms with E-state index in [0.717, 1.165) is 28.9 Å². The summed E-state index contributed by atoms with van der Waals surface area (Å²) in [6.45, 7) is 4.67. The first-order valence-electron chi connectivity index (χ1n) is 6.96. The van der Waals surface area contributed by atoms with Crippen LogP contribution in [0.25, 0.3) is 0 Å². The number of carbonyl (C=O) groups excluding carboxylic acids is 1. The fourth-order valence-electron chi connectivity index (χ4n) is 2.68. The predicted molar refractivity (Wildman–Crippen MR) is 78.3 cm³/mol. The molecule has 2 aromatic rings. The number of hydrogen-bond acceptors (Lipinski definition) is 4. The number of carbonyl (C=O) groups is 1. The van der Waals surface area contributed by atoms with Gasteiger partial charge in [0.2, 0.25) is 0 Å². The second kappa shape index (κ2) is 5.52. The van der Waals surface area contributed by atoms with Gasteiger partial charge < -0.3 is 10.1 Å². The van der Waals surface area contributed by atoms with Gasteiger partial charge in [-0.25, -0.2) is 4.98 Å². The molecule has 0 saturated carbocycles. The van der Waals surface area contributed by atoms with E-state index in [1.54, 1.807) is 6.20 Å². The molecule has 0 bridgehead atoms. The van der Waals surface area contributed by atoms with Crippen molar-refractivity contribution in [2.75, 3.05) is 6.61 Å². The van der Waals surface area contributed by atoms with Gasteiger partial charge in [0.1, 0.15) is 11.4 Å². The number of aryl methyl sites for hydroxylation is 2. The van der Waals surface area contributed by atoms with E-state index in [9.17, 15) is 4.79 Å². The molecule has 5 heteroatoms. The zero-order chi connectivity index (χ0) is 14.8. The monoisotopic (exact) mass is 283 g/mol. The second-order valence-corrected chi connectivity index (χ2v) is 5.25. The Hall–Kier alpha value is -2.43. The normalized spacial score (nSPS) is 16.8. The van der Waals surface area contributed by atoms with E-state index in [1.807, 2.05) is 13.8 Å². The summed E-state index contributed by atoms with van der Waals surface area (Å²) >= 11 is 0. The third-order valence-electron chi connectivity index (χ3n) is 3.58. The fraction of sp³-hybridized carbons (Fsp3) is 0.312. The van der Waals surface area contributed by atoms with Crippen molar-refractivity contribution in [2.24, 2.45) is 0 Å². The first kappa shape index (κ1) is 13.5. The lowest BCUT2D eigenvalue weighted by atomic mass is 9.95. The number of hydrogen-bond donors (Lipinski definition) is 1. The van der Waals surface area contributed by atoms with Crippen molar-refractivity contribution in [1.82, 2.24) is 15.3 Å². The summed E-state index contributed by atoms with van der Waals surface area (Å²) < 4.78 is 5.75. The molecular formula is C16H17N3O2. The van der Waals surface area contributed by atoms with Gasteiger partial charge in [0.25, 0.3) is 5.91 Å². The number of nitrogens with one attached hydrogen (secondary N) is 1. The smallest absolute Gasteiger partial charge is 0.271 e. The maximum Gasteiger partial charge on any atom is 0.271 e. The highest BCUT2D eigenvalue weighted by Crippen LogP contribution is 2.35. The summed E-state index contributed by atoms with van der Waals surface area (Å²) in [5.74, 6) is 0.677. The summed E-state index contributed by atoms with van der Waals surface area (Å²) in [4.78, 5) is 20.2. The lowest BCUT2D eigenvalue weighted by Crippen LogP contribution is -2.33. The van der Waals surface area contributed by atoms with Gasteiger partial charge >= 0.3 is 0 Å². The highest BCUT2D eigenvalue weighted by atomic mass is 16.5. The van der Waals surface area contributed by atoms with E-state index < -0.39 is 0 Å². The summed E-state index contributed by atoms with van der Waals surface area (Å²) in [5.41, 5.74) is 3.63. The highest BCUT2D eigenvalue weighted by molar-refractivity contribution is 5.92. The van der Waals surface area contributed by atoms with Crippen LogP contribution in [-0.4, -0.2) is 22.5 Å². The summed E-state index contributed by atoms with van der Waals surface area (Å²) in [5, 5.41) is 3.02. The maximum absolute atomic E-state index is 12.2. The topological polar surface area (TPSA) is 64.1 Å². The molecule has 1 aromatic heterocycles. The summed E-state index contributed by atoms with van der Waals surface area (Å²) in [6, 6.07) is 4.11. The number of nitrogens with zero attached hydrogens (tertiary/aromatic N) is 2. The lowest BCUT2D eigenvalue weighted by Gasteiger charge is -2.28. The van der Waals surface area contributed by atoms with Crippen molar-refractivity contribution >= 4 is 5.91 Å². The van der Waals surface area contributed by atoms with Crippen LogP contribution in [0.3, 0.4) is 0 Å². The molecule has 2 heterocycles. The zero-order valence-corrected chi connectivity index (χ0v) is 12.1. The first-order chi connectivity index (χ1) is 10.1. The van der Waals surface area contributed by atoms with Gasteiger partial charge in [0.05, 0.1) is 18.8 Å². The summed E-state index contributed by atoms with van der Waals surface area (Å²) in [7, 11) is 0. The SMILES string of the molecule is Cc1cc(C)c2c(c1)[C@H](NC(=O)c1cnccn1)CCO2. The molecule has 1 atom stereocenters. The lowest BCUT2D eigenvalue weighted by molar-refractivity contribution is 0.0919. The van der Waals surface area contributed by atoms with Crippen LogP contribution in [0, 0.1) is 13.8 Å². The molecule has 0 aliphatic carbocycles. The number of amides is 1. The molecule has 1 aliphatic heterocycles. The fourth-order valence-corrected chi connectivity index (χ4v) is 2.68. The molecule has 0 saturated heterocycles. The van der Waals surface area contributed by atoms with Crippen molar-refractivity contribution in [2.45, 2.75) is 26.3 Å². The number of benzene rings is 1. The van der Waals surface area contributed by atoms with Gasteiger partial charge in [-0.05, 0) is 19.4 Å². The maximum atomic E-state index is 12.2. The molecule has 1 amide bonds. The average Bonchev–Trinajstić information content (AvgIpc) is 2.49. The third-order valence-corrected chi connectivity index (χ3v) is 3.58. The number of rotatable bonds is 2. The Balaban J connectivity index is 1.87. The molecule has 108 valence electrons. The predicted octanol–water partition coefficient (Wildman–Crippen LogP) is 2.35. The van der Waals surface area contributed by atoms with E-state index in [-0.39, 0.29) is 11.9 Å². The quantitative estimate of drug-likeness (QED) is 0.919. The Morgan fingerprint density at radius 2 is 2.19 bits per heavy atom. The largest absolute Gasteiger partial charge is 0.493 e. The van der Waals surface area contributed by atoms with Crippen LogP contribution < -0.4 is 10.1 Å². The molecule has 1 aromatic carbocycles. The molecule has 0 unspecified atom stereocenters. The Labute approximate surface area is 123 Å². The molecular weight excluding hydrogens is 266 g/mol. The molecule has 0 radical (unpaired) electrons. The van der Waals surface area contributed by atoms with E-state index in [2.05, 4.69) is 27.4 Å². The number of aromatic nitrogens is 2. The summed E-state index contributed by atoms with van der Waals surface area (Å²) in [6.07, 6.45) is 5.29. The molecule has 3 rings (SSSR count). The first-order valence-corrected chi connectivity index (χ1v) is 6.96. The second-order valence-electron chi connectivity index (χ2n) is 5.25. The Bertz CT molecular complexity index is 671. The van der Waals surface area contributed by atoms with Crippen LogP contribution in [0.15, 0.2) is 30.7 Å². The van der Waals surface area contributed by atoms with Gasteiger partial charge in [0, 0.05) is 24.4 Å². The van der Waals surface area contributed by atoms with E-state index in [4.69, 9.17) is 4.74 Å². The minimum absolute atomic E-state index is 0.0538. The van der Waals surface area contributed by atoms with Gasteiger partial charge in [-0.15, -0.1) is 0 Å². The van der Waals surface area contributed by atoms with Gasteiger partial charge in [-0.3, -0.25) is 9.78 Å².